The molecule has 1 unspecified atom stereocenters. The van der Waals surface area contributed by atoms with Crippen molar-refractivity contribution >= 4 is 6.03 Å². The van der Waals surface area contributed by atoms with Gasteiger partial charge in [0.15, 0.2) is 5.82 Å². The molecule has 0 saturated heterocycles. The maximum Gasteiger partial charge on any atom is 0.315 e. The molecular weight excluding hydrogens is 321 g/mol. The van der Waals surface area contributed by atoms with Gasteiger partial charge in [0, 0.05) is 19.5 Å². The average Bonchev–Trinajstić information content (AvgIpc) is 3.03. The number of aryl methyl sites for hydroxylation is 3. The summed E-state index contributed by atoms with van der Waals surface area (Å²) in [5, 5.41) is 10.3. The lowest BCUT2D eigenvalue weighted by molar-refractivity contribution is 0.232. The molecule has 2 aromatic rings. The molecule has 25 heavy (non-hydrogen) atoms. The number of halogens is 1. The Morgan fingerprint density at radius 2 is 2.32 bits per heavy atom. The van der Waals surface area contributed by atoms with Gasteiger partial charge in [0.2, 0.25) is 0 Å². The van der Waals surface area contributed by atoms with Crippen molar-refractivity contribution in [2.24, 2.45) is 0 Å². The van der Waals surface area contributed by atoms with Crippen LogP contribution < -0.4 is 10.6 Å². The van der Waals surface area contributed by atoms with Gasteiger partial charge in [-0.25, -0.2) is 18.9 Å². The molecule has 0 fully saturated rings. The van der Waals surface area contributed by atoms with E-state index in [0.29, 0.717) is 6.54 Å². The second-order valence-electron chi connectivity index (χ2n) is 6.29. The number of amides is 2. The Morgan fingerprint density at radius 1 is 1.44 bits per heavy atom. The lowest BCUT2D eigenvalue weighted by atomic mass is 10.1. The second-order valence-corrected chi connectivity index (χ2v) is 6.29. The molecular formula is C18H24FN5O. The molecule has 1 aromatic carbocycles. The maximum absolute atomic E-state index is 13.1. The second kappa shape index (κ2) is 8.09. The van der Waals surface area contributed by atoms with E-state index in [9.17, 15) is 9.18 Å². The SMILES string of the molecule is CCc1nc2n(n1)CCCC2NC(=O)NCCCc1cccc(F)c1. The predicted molar refractivity (Wildman–Crippen MR) is 92.6 cm³/mol. The first-order chi connectivity index (χ1) is 12.2. The van der Waals surface area contributed by atoms with Gasteiger partial charge in [0.25, 0.3) is 0 Å². The molecule has 2 N–H and O–H groups in total. The number of carbonyl (C=O) groups is 1. The molecule has 1 atom stereocenters. The molecule has 0 radical (unpaired) electrons. The third-order valence-electron chi connectivity index (χ3n) is 4.36. The summed E-state index contributed by atoms with van der Waals surface area (Å²) in [5.74, 6) is 1.44. The van der Waals surface area contributed by atoms with Crippen molar-refractivity contribution in [2.75, 3.05) is 6.54 Å². The van der Waals surface area contributed by atoms with Crippen LogP contribution >= 0.6 is 0 Å². The Kier molecular flexibility index (Phi) is 5.63. The van der Waals surface area contributed by atoms with Crippen molar-refractivity contribution < 1.29 is 9.18 Å². The van der Waals surface area contributed by atoms with Gasteiger partial charge >= 0.3 is 6.03 Å². The first-order valence-corrected chi connectivity index (χ1v) is 8.88. The topological polar surface area (TPSA) is 71.8 Å². The standard InChI is InChI=1S/C18H24FN5O/c1-2-16-22-17-15(9-5-11-24(17)23-16)21-18(25)20-10-4-7-13-6-3-8-14(19)12-13/h3,6,8,12,15H,2,4-5,7,9-11H2,1H3,(H2,20,21,25). The number of hydrogen-bond donors (Lipinski definition) is 2. The van der Waals surface area contributed by atoms with Crippen molar-refractivity contribution in [3.8, 4) is 0 Å². The van der Waals surface area contributed by atoms with Gasteiger partial charge in [0.1, 0.15) is 11.6 Å². The van der Waals surface area contributed by atoms with E-state index < -0.39 is 0 Å². The van der Waals surface area contributed by atoms with E-state index in [1.54, 1.807) is 6.07 Å². The van der Waals surface area contributed by atoms with Crippen molar-refractivity contribution in [3.05, 3.63) is 47.3 Å². The van der Waals surface area contributed by atoms with Crippen molar-refractivity contribution in [3.63, 3.8) is 0 Å². The van der Waals surface area contributed by atoms with Gasteiger partial charge in [-0.2, -0.15) is 5.10 Å². The summed E-state index contributed by atoms with van der Waals surface area (Å²) in [4.78, 5) is 16.6. The molecule has 1 aromatic heterocycles. The first kappa shape index (κ1) is 17.4. The summed E-state index contributed by atoms with van der Waals surface area (Å²) in [6, 6.07) is 6.27. The minimum atomic E-state index is -0.226. The van der Waals surface area contributed by atoms with Crippen LogP contribution in [-0.2, 0) is 19.4 Å². The van der Waals surface area contributed by atoms with E-state index in [0.717, 1.165) is 55.9 Å². The highest BCUT2D eigenvalue weighted by Crippen LogP contribution is 2.23. The van der Waals surface area contributed by atoms with Crippen molar-refractivity contribution in [2.45, 2.75) is 51.6 Å². The number of nitrogens with one attached hydrogen (secondary N) is 2. The Labute approximate surface area is 146 Å². The van der Waals surface area contributed by atoms with Crippen LogP contribution in [0.4, 0.5) is 9.18 Å². The molecule has 2 heterocycles. The third kappa shape index (κ3) is 4.55. The molecule has 0 spiro atoms. The highest BCUT2D eigenvalue weighted by atomic mass is 19.1. The monoisotopic (exact) mass is 345 g/mol. The minimum absolute atomic E-state index is 0.0928. The zero-order valence-electron chi connectivity index (χ0n) is 14.5. The number of benzene rings is 1. The molecule has 2 amide bonds. The number of carbonyl (C=O) groups excluding carboxylic acids is 1. The third-order valence-corrected chi connectivity index (χ3v) is 4.36. The molecule has 0 aliphatic carbocycles. The molecule has 1 aliphatic heterocycles. The van der Waals surface area contributed by atoms with Crippen LogP contribution in [0.5, 0.6) is 0 Å². The zero-order chi connectivity index (χ0) is 17.6. The number of rotatable bonds is 6. The summed E-state index contributed by atoms with van der Waals surface area (Å²) in [7, 11) is 0. The molecule has 6 nitrogen and oxygen atoms in total. The van der Waals surface area contributed by atoms with E-state index in [1.807, 2.05) is 17.7 Å². The number of nitrogens with zero attached hydrogens (tertiary/aromatic N) is 3. The average molecular weight is 345 g/mol. The molecule has 1 aliphatic rings. The van der Waals surface area contributed by atoms with Crippen molar-refractivity contribution in [1.82, 2.24) is 25.4 Å². The maximum atomic E-state index is 13.1. The van der Waals surface area contributed by atoms with Crippen LogP contribution in [0.1, 0.15) is 49.4 Å². The van der Waals surface area contributed by atoms with Gasteiger partial charge in [0.05, 0.1) is 6.04 Å². The quantitative estimate of drug-likeness (QED) is 0.791. The fraction of sp³-hybridized carbons (Fsp3) is 0.500. The Hall–Kier alpha value is -2.44. The largest absolute Gasteiger partial charge is 0.338 e. The fourth-order valence-electron chi connectivity index (χ4n) is 3.08. The van der Waals surface area contributed by atoms with Crippen LogP contribution in [0, 0.1) is 5.82 Å². The van der Waals surface area contributed by atoms with Crippen LogP contribution in [0.15, 0.2) is 24.3 Å². The van der Waals surface area contributed by atoms with E-state index in [2.05, 4.69) is 20.7 Å². The highest BCUT2D eigenvalue weighted by Gasteiger charge is 2.25. The summed E-state index contributed by atoms with van der Waals surface area (Å²) in [6.45, 7) is 3.42. The van der Waals surface area contributed by atoms with Crippen LogP contribution in [0.25, 0.3) is 0 Å². The van der Waals surface area contributed by atoms with Crippen LogP contribution in [-0.4, -0.2) is 27.3 Å². The van der Waals surface area contributed by atoms with E-state index >= 15 is 0 Å². The number of hydrogen-bond acceptors (Lipinski definition) is 3. The lowest BCUT2D eigenvalue weighted by Gasteiger charge is -2.23. The smallest absolute Gasteiger partial charge is 0.315 e. The van der Waals surface area contributed by atoms with Crippen molar-refractivity contribution in [1.29, 1.82) is 0 Å². The van der Waals surface area contributed by atoms with Gasteiger partial charge in [-0.05, 0) is 43.4 Å². The van der Waals surface area contributed by atoms with Gasteiger partial charge in [-0.15, -0.1) is 0 Å². The Morgan fingerprint density at radius 3 is 3.12 bits per heavy atom. The molecule has 0 saturated carbocycles. The summed E-state index contributed by atoms with van der Waals surface area (Å²) < 4.78 is 15.0. The van der Waals surface area contributed by atoms with E-state index in [-0.39, 0.29) is 17.9 Å². The van der Waals surface area contributed by atoms with E-state index in [4.69, 9.17) is 0 Å². The van der Waals surface area contributed by atoms with Gasteiger partial charge in [-0.3, -0.25) is 0 Å². The summed E-state index contributed by atoms with van der Waals surface area (Å²) in [5.41, 5.74) is 0.940. The molecule has 0 bridgehead atoms. The molecule has 134 valence electrons. The van der Waals surface area contributed by atoms with Crippen LogP contribution in [0.3, 0.4) is 0 Å². The fourth-order valence-corrected chi connectivity index (χ4v) is 3.08. The van der Waals surface area contributed by atoms with Gasteiger partial charge in [-0.1, -0.05) is 19.1 Å². The summed E-state index contributed by atoms with van der Waals surface area (Å²) >= 11 is 0. The zero-order valence-corrected chi connectivity index (χ0v) is 14.5. The highest BCUT2D eigenvalue weighted by molar-refractivity contribution is 5.74. The van der Waals surface area contributed by atoms with Gasteiger partial charge < -0.3 is 10.6 Å². The number of aromatic nitrogens is 3. The number of urea groups is 1. The Bertz CT molecular complexity index is 730. The molecule has 7 heteroatoms. The first-order valence-electron chi connectivity index (χ1n) is 8.88. The van der Waals surface area contributed by atoms with E-state index in [1.165, 1.54) is 12.1 Å². The summed E-state index contributed by atoms with van der Waals surface area (Å²) in [6.07, 6.45) is 4.13. The Balaban J connectivity index is 1.45. The molecule has 3 rings (SSSR count). The minimum Gasteiger partial charge on any atom is -0.338 e. The predicted octanol–water partition coefficient (Wildman–Crippen LogP) is 2.75. The van der Waals surface area contributed by atoms with Crippen LogP contribution in [0.2, 0.25) is 0 Å². The lowest BCUT2D eigenvalue weighted by Crippen LogP contribution is -2.40. The number of fused-ring (bicyclic) bond motifs is 1. The normalized spacial score (nSPS) is 16.3.